The second-order valence-corrected chi connectivity index (χ2v) is 5.69. The Bertz CT molecular complexity index is 385. The van der Waals surface area contributed by atoms with Gasteiger partial charge in [0.25, 0.3) is 0 Å². The van der Waals surface area contributed by atoms with Gasteiger partial charge < -0.3 is 0 Å². The molecule has 13 heavy (non-hydrogen) atoms. The molecule has 1 atom stereocenters. The largest absolute Gasteiger partial charge is 0.293 e. The molecule has 0 N–H and O–H groups in total. The first-order valence-corrected chi connectivity index (χ1v) is 5.20. The summed E-state index contributed by atoms with van der Waals surface area (Å²) in [5.41, 5.74) is 1.83. The number of carbonyl (C=O) groups is 1. The molecule has 1 aromatic carbocycles. The van der Waals surface area contributed by atoms with Crippen molar-refractivity contribution in [1.29, 1.82) is 0 Å². The van der Waals surface area contributed by atoms with Crippen LogP contribution in [0.25, 0.3) is 0 Å². The molecule has 0 fully saturated rings. The van der Waals surface area contributed by atoms with Gasteiger partial charge in [0.05, 0.1) is 4.32 Å². The molecule has 68 valence electrons. The highest BCUT2D eigenvalue weighted by atomic mass is 79.9. The number of alkyl halides is 1. The van der Waals surface area contributed by atoms with Gasteiger partial charge in [0.1, 0.15) is 0 Å². The fourth-order valence-corrected chi connectivity index (χ4v) is 2.36. The van der Waals surface area contributed by atoms with Gasteiger partial charge in [0, 0.05) is 10.6 Å². The fraction of sp³-hybridized carbons (Fsp3) is 0.300. The lowest BCUT2D eigenvalue weighted by molar-refractivity contribution is 0.0968. The van der Waals surface area contributed by atoms with Gasteiger partial charge in [-0.1, -0.05) is 27.5 Å². The molecule has 0 amide bonds. The number of ketones is 1. The Kier molecular flexibility index (Phi) is 2.00. The average molecular weight is 260 g/mol. The minimum Gasteiger partial charge on any atom is -0.293 e. The van der Waals surface area contributed by atoms with E-state index in [1.54, 1.807) is 12.1 Å². The molecule has 0 aliphatic heterocycles. The Balaban J connectivity index is 2.57. The fourth-order valence-electron chi connectivity index (χ4n) is 1.65. The normalized spacial score (nSPS) is 26.2. The molecule has 1 aliphatic carbocycles. The zero-order valence-electron chi connectivity index (χ0n) is 7.10. The number of rotatable bonds is 0. The molecule has 1 unspecified atom stereocenters. The Morgan fingerprint density at radius 1 is 1.54 bits per heavy atom. The predicted octanol–water partition coefficient (Wildman–Crippen LogP) is 3.23. The van der Waals surface area contributed by atoms with Crippen molar-refractivity contribution in [3.63, 3.8) is 0 Å². The molecular formula is C10H8BrClO. The van der Waals surface area contributed by atoms with Crippen molar-refractivity contribution in [2.45, 2.75) is 17.7 Å². The standard InChI is InChI=1S/C10H8BrClO/c1-10(11)5-6-4-7(12)2-3-8(6)9(10)13/h2-4H,5H2,1H3. The first kappa shape index (κ1) is 9.22. The molecule has 0 aromatic heterocycles. The number of halogens is 2. The Morgan fingerprint density at radius 2 is 2.23 bits per heavy atom. The smallest absolute Gasteiger partial charge is 0.179 e. The van der Waals surface area contributed by atoms with Crippen LogP contribution in [0.1, 0.15) is 22.8 Å². The molecular weight excluding hydrogens is 251 g/mol. The van der Waals surface area contributed by atoms with E-state index in [9.17, 15) is 4.79 Å². The maximum Gasteiger partial charge on any atom is 0.179 e. The van der Waals surface area contributed by atoms with Crippen LogP contribution in [-0.2, 0) is 6.42 Å². The number of hydrogen-bond acceptors (Lipinski definition) is 1. The summed E-state index contributed by atoms with van der Waals surface area (Å²) in [5, 5.41) is 0.691. The maximum absolute atomic E-state index is 11.7. The summed E-state index contributed by atoms with van der Waals surface area (Å²) < 4.78 is -0.431. The van der Waals surface area contributed by atoms with Crippen LogP contribution in [0.2, 0.25) is 5.02 Å². The van der Waals surface area contributed by atoms with Crippen LogP contribution in [0.3, 0.4) is 0 Å². The van der Waals surface area contributed by atoms with Crippen molar-refractivity contribution in [2.75, 3.05) is 0 Å². The van der Waals surface area contributed by atoms with Gasteiger partial charge >= 0.3 is 0 Å². The Labute approximate surface area is 90.2 Å². The minimum atomic E-state index is -0.431. The van der Waals surface area contributed by atoms with Gasteiger partial charge in [-0.2, -0.15) is 0 Å². The molecule has 1 aliphatic rings. The number of fused-ring (bicyclic) bond motifs is 1. The molecule has 3 heteroatoms. The summed E-state index contributed by atoms with van der Waals surface area (Å²) >= 11 is 9.26. The minimum absolute atomic E-state index is 0.152. The van der Waals surface area contributed by atoms with Gasteiger partial charge in [0.2, 0.25) is 0 Å². The predicted molar refractivity (Wildman–Crippen MR) is 56.8 cm³/mol. The second-order valence-electron chi connectivity index (χ2n) is 3.50. The van der Waals surface area contributed by atoms with E-state index in [0.717, 1.165) is 17.5 Å². The van der Waals surface area contributed by atoms with Crippen molar-refractivity contribution in [3.05, 3.63) is 34.3 Å². The van der Waals surface area contributed by atoms with E-state index in [1.165, 1.54) is 0 Å². The van der Waals surface area contributed by atoms with Crippen molar-refractivity contribution in [1.82, 2.24) is 0 Å². The topological polar surface area (TPSA) is 17.1 Å². The van der Waals surface area contributed by atoms with Crippen molar-refractivity contribution in [3.8, 4) is 0 Å². The third-order valence-electron chi connectivity index (χ3n) is 2.31. The number of benzene rings is 1. The summed E-state index contributed by atoms with van der Waals surface area (Å²) in [4.78, 5) is 11.7. The van der Waals surface area contributed by atoms with Gasteiger partial charge in [-0.3, -0.25) is 4.79 Å². The summed E-state index contributed by atoms with van der Waals surface area (Å²) in [5.74, 6) is 0.152. The van der Waals surface area contributed by atoms with Crippen LogP contribution in [0, 0.1) is 0 Å². The molecule has 0 heterocycles. The molecule has 1 aromatic rings. The van der Waals surface area contributed by atoms with Crippen molar-refractivity contribution >= 4 is 33.3 Å². The van der Waals surface area contributed by atoms with Gasteiger partial charge in [-0.25, -0.2) is 0 Å². The summed E-state index contributed by atoms with van der Waals surface area (Å²) in [6.45, 7) is 1.89. The van der Waals surface area contributed by atoms with Crippen LogP contribution in [-0.4, -0.2) is 10.1 Å². The molecule has 0 saturated carbocycles. The highest BCUT2D eigenvalue weighted by Crippen LogP contribution is 2.37. The molecule has 0 bridgehead atoms. The van der Waals surface area contributed by atoms with E-state index in [0.29, 0.717) is 5.02 Å². The Hall–Kier alpha value is -0.340. The van der Waals surface area contributed by atoms with Crippen LogP contribution in [0.15, 0.2) is 18.2 Å². The second kappa shape index (κ2) is 2.82. The summed E-state index contributed by atoms with van der Waals surface area (Å²) in [6, 6.07) is 5.42. The SMILES string of the molecule is CC1(Br)Cc2cc(Cl)ccc2C1=O. The lowest BCUT2D eigenvalue weighted by Crippen LogP contribution is -2.23. The van der Waals surface area contributed by atoms with Gasteiger partial charge in [0.15, 0.2) is 5.78 Å². The lowest BCUT2D eigenvalue weighted by atomic mass is 10.1. The highest BCUT2D eigenvalue weighted by Gasteiger charge is 2.39. The molecule has 1 nitrogen and oxygen atoms in total. The van der Waals surface area contributed by atoms with E-state index in [2.05, 4.69) is 15.9 Å². The lowest BCUT2D eigenvalue weighted by Gasteiger charge is -2.10. The number of carbonyl (C=O) groups excluding carboxylic acids is 1. The van der Waals surface area contributed by atoms with Gasteiger partial charge in [-0.15, -0.1) is 0 Å². The van der Waals surface area contributed by atoms with Crippen molar-refractivity contribution in [2.24, 2.45) is 0 Å². The van der Waals surface area contributed by atoms with Gasteiger partial charge in [-0.05, 0) is 37.1 Å². The van der Waals surface area contributed by atoms with Crippen LogP contribution < -0.4 is 0 Å². The van der Waals surface area contributed by atoms with E-state index in [1.807, 2.05) is 13.0 Å². The van der Waals surface area contributed by atoms with E-state index >= 15 is 0 Å². The maximum atomic E-state index is 11.7. The Morgan fingerprint density at radius 3 is 2.92 bits per heavy atom. The summed E-state index contributed by atoms with van der Waals surface area (Å²) in [6.07, 6.45) is 0.724. The van der Waals surface area contributed by atoms with E-state index < -0.39 is 4.32 Å². The van der Waals surface area contributed by atoms with Crippen molar-refractivity contribution < 1.29 is 4.79 Å². The molecule has 0 spiro atoms. The summed E-state index contributed by atoms with van der Waals surface area (Å²) in [7, 11) is 0. The molecule has 2 rings (SSSR count). The van der Waals surface area contributed by atoms with Crippen LogP contribution >= 0.6 is 27.5 Å². The molecule has 0 radical (unpaired) electrons. The quantitative estimate of drug-likeness (QED) is 0.654. The monoisotopic (exact) mass is 258 g/mol. The number of hydrogen-bond donors (Lipinski definition) is 0. The van der Waals surface area contributed by atoms with Crippen LogP contribution in [0.5, 0.6) is 0 Å². The van der Waals surface area contributed by atoms with Crippen LogP contribution in [0.4, 0.5) is 0 Å². The number of Topliss-reactive ketones (excluding diaryl/α,β-unsaturated/α-hetero) is 1. The van der Waals surface area contributed by atoms with E-state index in [-0.39, 0.29) is 5.78 Å². The first-order chi connectivity index (χ1) is 6.00. The third-order valence-corrected chi connectivity index (χ3v) is 3.18. The highest BCUT2D eigenvalue weighted by molar-refractivity contribution is 9.10. The zero-order valence-corrected chi connectivity index (χ0v) is 9.45. The third kappa shape index (κ3) is 1.42. The average Bonchev–Trinajstić information content (AvgIpc) is 2.22. The molecule has 0 saturated heterocycles. The van der Waals surface area contributed by atoms with E-state index in [4.69, 9.17) is 11.6 Å². The zero-order chi connectivity index (χ0) is 9.64. The first-order valence-electron chi connectivity index (χ1n) is 4.03.